The van der Waals surface area contributed by atoms with Crippen molar-refractivity contribution in [1.82, 2.24) is 0 Å². The number of carbonyl (C=O) groups excluding carboxylic acids is 1. The second-order valence-corrected chi connectivity index (χ2v) is 4.59. The Hall–Kier alpha value is -0.240. The zero-order chi connectivity index (χ0) is 9.26. The second kappa shape index (κ2) is 5.01. The van der Waals surface area contributed by atoms with E-state index in [4.69, 9.17) is 4.74 Å². The predicted molar refractivity (Wildman–Crippen MR) is 57.4 cm³/mol. The van der Waals surface area contributed by atoms with Crippen molar-refractivity contribution in [3.63, 3.8) is 0 Å². The molecule has 2 fully saturated rings. The molecule has 2 atom stereocenters. The highest BCUT2D eigenvalue weighted by molar-refractivity contribution is 5.85. The Morgan fingerprint density at radius 3 is 2.21 bits per heavy atom. The first-order valence-corrected chi connectivity index (χ1v) is 5.37. The lowest BCUT2D eigenvalue weighted by Gasteiger charge is -2.37. The molecule has 2 unspecified atom stereocenters. The average molecular weight is 219 g/mol. The van der Waals surface area contributed by atoms with Crippen molar-refractivity contribution in [2.24, 2.45) is 17.8 Å². The Morgan fingerprint density at radius 1 is 1.14 bits per heavy atom. The van der Waals surface area contributed by atoms with Crippen molar-refractivity contribution in [1.29, 1.82) is 0 Å². The number of hydrogen-bond acceptors (Lipinski definition) is 2. The van der Waals surface area contributed by atoms with Gasteiger partial charge in [-0.15, -0.1) is 12.4 Å². The minimum Gasteiger partial charge on any atom is -0.469 e. The molecule has 14 heavy (non-hydrogen) atoms. The van der Waals surface area contributed by atoms with Gasteiger partial charge in [-0.1, -0.05) is 19.3 Å². The number of carbonyl (C=O) groups is 1. The van der Waals surface area contributed by atoms with Gasteiger partial charge in [-0.2, -0.15) is 0 Å². The van der Waals surface area contributed by atoms with Gasteiger partial charge >= 0.3 is 5.97 Å². The molecule has 82 valence electrons. The van der Waals surface area contributed by atoms with E-state index in [0.717, 1.165) is 24.7 Å². The second-order valence-electron chi connectivity index (χ2n) is 4.59. The van der Waals surface area contributed by atoms with Gasteiger partial charge in [0.15, 0.2) is 0 Å². The number of hydrogen-bond donors (Lipinski definition) is 0. The van der Waals surface area contributed by atoms with Gasteiger partial charge in [0.2, 0.25) is 0 Å². The number of ether oxygens (including phenoxy) is 1. The Bertz CT molecular complexity index is 193. The zero-order valence-corrected chi connectivity index (χ0v) is 9.52. The standard InChI is InChI=1S/C11H18O2.ClH/c1-13-11(12)10-6-8-3-2-4-9(5-8)7-10;/h8-10H,2-7H2,1H3;1H. The van der Waals surface area contributed by atoms with E-state index in [1.54, 1.807) is 0 Å². The summed E-state index contributed by atoms with van der Waals surface area (Å²) in [5, 5.41) is 0. The molecule has 0 spiro atoms. The van der Waals surface area contributed by atoms with E-state index in [-0.39, 0.29) is 24.3 Å². The number of fused-ring (bicyclic) bond motifs is 2. The van der Waals surface area contributed by atoms with E-state index in [1.807, 2.05) is 0 Å². The minimum absolute atomic E-state index is 0. The van der Waals surface area contributed by atoms with Gasteiger partial charge in [-0.05, 0) is 31.1 Å². The van der Waals surface area contributed by atoms with Crippen LogP contribution in [0, 0.1) is 17.8 Å². The van der Waals surface area contributed by atoms with Crippen molar-refractivity contribution in [3.8, 4) is 0 Å². The SMILES string of the molecule is COC(=O)C1CC2CCCC(C2)C1.Cl. The summed E-state index contributed by atoms with van der Waals surface area (Å²) < 4.78 is 4.82. The maximum atomic E-state index is 11.4. The van der Waals surface area contributed by atoms with E-state index in [0.29, 0.717) is 0 Å². The maximum absolute atomic E-state index is 11.4. The average Bonchev–Trinajstić information content (AvgIpc) is 2.16. The van der Waals surface area contributed by atoms with Crippen LogP contribution in [-0.2, 0) is 9.53 Å². The Kier molecular flexibility index (Phi) is 4.24. The quantitative estimate of drug-likeness (QED) is 0.633. The van der Waals surface area contributed by atoms with Gasteiger partial charge in [-0.25, -0.2) is 0 Å². The van der Waals surface area contributed by atoms with Crippen LogP contribution in [0.2, 0.25) is 0 Å². The molecule has 2 aliphatic carbocycles. The highest BCUT2D eigenvalue weighted by Crippen LogP contribution is 2.42. The van der Waals surface area contributed by atoms with Crippen molar-refractivity contribution in [2.45, 2.75) is 38.5 Å². The molecule has 0 aromatic rings. The fraction of sp³-hybridized carbons (Fsp3) is 0.909. The van der Waals surface area contributed by atoms with E-state index in [2.05, 4.69) is 0 Å². The van der Waals surface area contributed by atoms with Crippen molar-refractivity contribution in [3.05, 3.63) is 0 Å². The molecule has 3 heteroatoms. The lowest BCUT2D eigenvalue weighted by atomic mass is 9.68. The third-order valence-corrected chi connectivity index (χ3v) is 3.66. The van der Waals surface area contributed by atoms with Crippen LogP contribution in [-0.4, -0.2) is 13.1 Å². The zero-order valence-electron chi connectivity index (χ0n) is 8.70. The molecule has 0 N–H and O–H groups in total. The van der Waals surface area contributed by atoms with Crippen LogP contribution < -0.4 is 0 Å². The van der Waals surface area contributed by atoms with Gasteiger partial charge in [0, 0.05) is 0 Å². The van der Waals surface area contributed by atoms with Crippen molar-refractivity contribution in [2.75, 3.05) is 7.11 Å². The molecule has 0 amide bonds. The predicted octanol–water partition coefficient (Wildman–Crippen LogP) is 2.80. The molecule has 2 aliphatic rings. The van der Waals surface area contributed by atoms with Crippen LogP contribution in [0.5, 0.6) is 0 Å². The molecular weight excluding hydrogens is 200 g/mol. The summed E-state index contributed by atoms with van der Waals surface area (Å²) >= 11 is 0. The van der Waals surface area contributed by atoms with Gasteiger partial charge in [0.25, 0.3) is 0 Å². The molecule has 0 aromatic carbocycles. The third kappa shape index (κ3) is 2.41. The van der Waals surface area contributed by atoms with Crippen LogP contribution in [0.1, 0.15) is 38.5 Å². The maximum Gasteiger partial charge on any atom is 0.308 e. The van der Waals surface area contributed by atoms with Crippen LogP contribution in [0.15, 0.2) is 0 Å². The summed E-state index contributed by atoms with van der Waals surface area (Å²) in [6.07, 6.45) is 7.59. The number of halogens is 1. The topological polar surface area (TPSA) is 26.3 Å². The fourth-order valence-corrected chi connectivity index (χ4v) is 3.09. The lowest BCUT2D eigenvalue weighted by Crippen LogP contribution is -2.31. The first kappa shape index (κ1) is 11.8. The molecule has 2 nitrogen and oxygen atoms in total. The molecule has 0 saturated heterocycles. The molecule has 0 radical (unpaired) electrons. The Labute approximate surface area is 91.8 Å². The van der Waals surface area contributed by atoms with E-state index in [9.17, 15) is 4.79 Å². The summed E-state index contributed by atoms with van der Waals surface area (Å²) in [6, 6.07) is 0. The van der Waals surface area contributed by atoms with Gasteiger partial charge < -0.3 is 4.74 Å². The van der Waals surface area contributed by atoms with Gasteiger partial charge in [0.05, 0.1) is 13.0 Å². The lowest BCUT2D eigenvalue weighted by molar-refractivity contribution is -0.148. The number of rotatable bonds is 1. The van der Waals surface area contributed by atoms with Gasteiger partial charge in [-0.3, -0.25) is 4.79 Å². The normalized spacial score (nSPS) is 35.6. The smallest absolute Gasteiger partial charge is 0.308 e. The number of esters is 1. The van der Waals surface area contributed by atoms with Crippen LogP contribution >= 0.6 is 12.4 Å². The molecular formula is C11H19ClO2. The summed E-state index contributed by atoms with van der Waals surface area (Å²) in [4.78, 5) is 11.4. The van der Waals surface area contributed by atoms with Crippen LogP contribution in [0.4, 0.5) is 0 Å². The molecule has 0 aliphatic heterocycles. The van der Waals surface area contributed by atoms with E-state index >= 15 is 0 Å². The molecule has 2 rings (SSSR count). The van der Waals surface area contributed by atoms with Crippen LogP contribution in [0.25, 0.3) is 0 Å². The van der Waals surface area contributed by atoms with Gasteiger partial charge in [0.1, 0.15) is 0 Å². The molecule has 2 bridgehead atoms. The van der Waals surface area contributed by atoms with Crippen molar-refractivity contribution >= 4 is 18.4 Å². The monoisotopic (exact) mass is 218 g/mol. The summed E-state index contributed by atoms with van der Waals surface area (Å²) in [7, 11) is 1.51. The number of methoxy groups -OCH3 is 1. The van der Waals surface area contributed by atoms with Crippen LogP contribution in [0.3, 0.4) is 0 Å². The molecule has 2 saturated carbocycles. The van der Waals surface area contributed by atoms with E-state index < -0.39 is 0 Å². The molecule has 0 aromatic heterocycles. The summed E-state index contributed by atoms with van der Waals surface area (Å²) in [5.41, 5.74) is 0. The van der Waals surface area contributed by atoms with E-state index in [1.165, 1.54) is 32.8 Å². The Balaban J connectivity index is 0.000000980. The first-order chi connectivity index (χ1) is 6.29. The Morgan fingerprint density at radius 2 is 1.71 bits per heavy atom. The minimum atomic E-state index is 0. The summed E-state index contributed by atoms with van der Waals surface area (Å²) in [5.74, 6) is 1.87. The largest absolute Gasteiger partial charge is 0.469 e. The highest BCUT2D eigenvalue weighted by atomic mass is 35.5. The highest BCUT2D eigenvalue weighted by Gasteiger charge is 2.35. The third-order valence-electron chi connectivity index (χ3n) is 3.66. The first-order valence-electron chi connectivity index (χ1n) is 5.37. The fourth-order valence-electron chi connectivity index (χ4n) is 3.09. The van der Waals surface area contributed by atoms with Crippen molar-refractivity contribution < 1.29 is 9.53 Å². The summed E-state index contributed by atoms with van der Waals surface area (Å²) in [6.45, 7) is 0. The molecule has 0 heterocycles.